The van der Waals surface area contributed by atoms with Crippen LogP contribution in [-0.4, -0.2) is 73.7 Å². The van der Waals surface area contributed by atoms with Gasteiger partial charge in [0.15, 0.2) is 0 Å². The maximum atomic E-state index is 13.6. The van der Waals surface area contributed by atoms with Crippen molar-refractivity contribution in [3.05, 3.63) is 60.5 Å². The summed E-state index contributed by atoms with van der Waals surface area (Å²) in [5.41, 5.74) is 2.07. The number of hydrogen-bond donors (Lipinski definition) is 1. The van der Waals surface area contributed by atoms with E-state index in [1.807, 2.05) is 11.0 Å². The third-order valence-electron chi connectivity index (χ3n) is 6.93. The Kier molecular flexibility index (Phi) is 6.82. The normalized spacial score (nSPS) is 18.8. The fraction of sp³-hybridized carbons (Fsp3) is 0.346. The van der Waals surface area contributed by atoms with Crippen LogP contribution in [0, 0.1) is 11.7 Å². The number of piperazine rings is 1. The number of nitrogens with one attached hydrogen (secondary N) is 1. The fourth-order valence-electron chi connectivity index (χ4n) is 5.02. The molecule has 5 rings (SSSR count). The highest BCUT2D eigenvalue weighted by atomic mass is 32.2. The SMILES string of the molecule is CC(=O)Nc1ccc(S(=O)(=O)N2CCC(C(=O)N3CCN(c4ccnc5cc(F)ccc45)CC3)C2)cc1. The Bertz CT molecular complexity index is 1440. The second-order valence-electron chi connectivity index (χ2n) is 9.36. The molecule has 2 fully saturated rings. The molecule has 3 aromatic rings. The van der Waals surface area contributed by atoms with Gasteiger partial charge in [0, 0.05) is 75.2 Å². The van der Waals surface area contributed by atoms with E-state index in [0.29, 0.717) is 43.8 Å². The van der Waals surface area contributed by atoms with E-state index in [9.17, 15) is 22.4 Å². The minimum absolute atomic E-state index is 0.0278. The molecule has 0 bridgehead atoms. The highest BCUT2D eigenvalue weighted by molar-refractivity contribution is 7.89. The van der Waals surface area contributed by atoms with E-state index in [-0.39, 0.29) is 41.5 Å². The van der Waals surface area contributed by atoms with Gasteiger partial charge in [-0.05, 0) is 48.9 Å². The highest BCUT2D eigenvalue weighted by Crippen LogP contribution is 2.29. The summed E-state index contributed by atoms with van der Waals surface area (Å²) in [4.78, 5) is 32.8. The maximum absolute atomic E-state index is 13.6. The molecule has 1 atom stereocenters. The van der Waals surface area contributed by atoms with E-state index < -0.39 is 10.0 Å². The molecule has 9 nitrogen and oxygen atoms in total. The number of aromatic nitrogens is 1. The third kappa shape index (κ3) is 5.14. The Morgan fingerprint density at radius 2 is 1.73 bits per heavy atom. The summed E-state index contributed by atoms with van der Waals surface area (Å²) in [5.74, 6) is -0.978. The summed E-state index contributed by atoms with van der Waals surface area (Å²) >= 11 is 0. The van der Waals surface area contributed by atoms with Gasteiger partial charge >= 0.3 is 0 Å². The number of carbonyl (C=O) groups is 2. The molecule has 194 valence electrons. The number of hydrogen-bond acceptors (Lipinski definition) is 6. The molecule has 2 aromatic carbocycles. The van der Waals surface area contributed by atoms with Crippen LogP contribution in [0.25, 0.3) is 10.9 Å². The number of nitrogens with zero attached hydrogens (tertiary/aromatic N) is 4. The zero-order valence-corrected chi connectivity index (χ0v) is 21.2. The van der Waals surface area contributed by atoms with Crippen LogP contribution in [0.2, 0.25) is 0 Å². The van der Waals surface area contributed by atoms with Crippen molar-refractivity contribution < 1.29 is 22.4 Å². The minimum Gasteiger partial charge on any atom is -0.367 e. The molecule has 2 aliphatic rings. The van der Waals surface area contributed by atoms with E-state index in [0.717, 1.165) is 11.1 Å². The van der Waals surface area contributed by atoms with Gasteiger partial charge < -0.3 is 15.1 Å². The number of halogens is 1. The lowest BCUT2D eigenvalue weighted by molar-refractivity contribution is -0.135. The van der Waals surface area contributed by atoms with Gasteiger partial charge in [0.2, 0.25) is 21.8 Å². The van der Waals surface area contributed by atoms with Gasteiger partial charge in [-0.15, -0.1) is 0 Å². The summed E-state index contributed by atoms with van der Waals surface area (Å²) in [5, 5.41) is 3.48. The summed E-state index contributed by atoms with van der Waals surface area (Å²) in [6, 6.07) is 12.5. The van der Waals surface area contributed by atoms with Crippen LogP contribution in [0.15, 0.2) is 59.6 Å². The molecular formula is C26H28FN5O4S. The van der Waals surface area contributed by atoms with Crippen molar-refractivity contribution in [3.63, 3.8) is 0 Å². The minimum atomic E-state index is -3.74. The number of amides is 2. The molecule has 2 aliphatic heterocycles. The van der Waals surface area contributed by atoms with Crippen LogP contribution in [0.3, 0.4) is 0 Å². The van der Waals surface area contributed by atoms with Crippen molar-refractivity contribution in [1.29, 1.82) is 0 Å². The molecule has 2 amide bonds. The van der Waals surface area contributed by atoms with Crippen molar-refractivity contribution in [2.45, 2.75) is 18.2 Å². The fourth-order valence-corrected chi connectivity index (χ4v) is 6.52. The van der Waals surface area contributed by atoms with Gasteiger partial charge in [-0.2, -0.15) is 4.31 Å². The van der Waals surface area contributed by atoms with Crippen molar-refractivity contribution in [2.75, 3.05) is 49.5 Å². The van der Waals surface area contributed by atoms with Crippen LogP contribution < -0.4 is 10.2 Å². The second kappa shape index (κ2) is 10.1. The largest absolute Gasteiger partial charge is 0.367 e. The van der Waals surface area contributed by atoms with E-state index in [4.69, 9.17) is 0 Å². The lowest BCUT2D eigenvalue weighted by Gasteiger charge is -2.37. The second-order valence-corrected chi connectivity index (χ2v) is 11.3. The molecule has 1 aromatic heterocycles. The highest BCUT2D eigenvalue weighted by Gasteiger charge is 2.38. The van der Waals surface area contributed by atoms with Crippen LogP contribution in [0.5, 0.6) is 0 Å². The summed E-state index contributed by atoms with van der Waals surface area (Å²) < 4.78 is 41.2. The monoisotopic (exact) mass is 525 g/mol. The number of sulfonamides is 1. The smallest absolute Gasteiger partial charge is 0.243 e. The lowest BCUT2D eigenvalue weighted by Crippen LogP contribution is -2.50. The molecule has 1 unspecified atom stereocenters. The standard InChI is InChI=1S/C26H28FN5O4S/c1-18(33)29-21-3-5-22(6-4-21)37(35,36)32-11-9-19(17-32)26(34)31-14-12-30(13-15-31)25-8-10-28-24-16-20(27)2-7-23(24)25/h2-8,10,16,19H,9,11-15,17H2,1H3,(H,29,33). The molecule has 0 saturated carbocycles. The summed E-state index contributed by atoms with van der Waals surface area (Å²) in [6.45, 7) is 4.11. The van der Waals surface area contributed by atoms with Gasteiger partial charge in [0.1, 0.15) is 5.82 Å². The van der Waals surface area contributed by atoms with Crippen molar-refractivity contribution in [3.8, 4) is 0 Å². The van der Waals surface area contributed by atoms with Crippen molar-refractivity contribution in [1.82, 2.24) is 14.2 Å². The van der Waals surface area contributed by atoms with E-state index in [1.165, 1.54) is 35.5 Å². The number of rotatable bonds is 5. The maximum Gasteiger partial charge on any atom is 0.243 e. The number of pyridine rings is 1. The van der Waals surface area contributed by atoms with E-state index in [2.05, 4.69) is 15.2 Å². The first-order chi connectivity index (χ1) is 17.7. The number of benzene rings is 2. The van der Waals surface area contributed by atoms with Gasteiger partial charge in [-0.25, -0.2) is 12.8 Å². The van der Waals surface area contributed by atoms with Gasteiger partial charge in [0.05, 0.1) is 16.3 Å². The zero-order chi connectivity index (χ0) is 26.2. The predicted octanol–water partition coefficient (Wildman–Crippen LogP) is 2.69. The zero-order valence-electron chi connectivity index (χ0n) is 20.4. The first-order valence-electron chi connectivity index (χ1n) is 12.2. The Balaban J connectivity index is 1.20. The predicted molar refractivity (Wildman–Crippen MR) is 138 cm³/mol. The van der Waals surface area contributed by atoms with E-state index in [1.54, 1.807) is 24.4 Å². The first-order valence-corrected chi connectivity index (χ1v) is 13.6. The molecule has 2 saturated heterocycles. The average Bonchev–Trinajstić information content (AvgIpc) is 3.39. The molecule has 11 heteroatoms. The summed E-state index contributed by atoms with van der Waals surface area (Å²) in [7, 11) is -3.74. The Morgan fingerprint density at radius 3 is 2.43 bits per heavy atom. The van der Waals surface area contributed by atoms with Gasteiger partial charge in [0.25, 0.3) is 0 Å². The quantitative estimate of drug-likeness (QED) is 0.550. The van der Waals surface area contributed by atoms with Crippen molar-refractivity contribution in [2.24, 2.45) is 5.92 Å². The molecule has 1 N–H and O–H groups in total. The number of carbonyl (C=O) groups excluding carboxylic acids is 2. The van der Waals surface area contributed by atoms with Crippen molar-refractivity contribution >= 4 is 44.1 Å². The summed E-state index contributed by atoms with van der Waals surface area (Å²) in [6.07, 6.45) is 2.14. The van der Waals surface area contributed by atoms with Crippen LogP contribution >= 0.6 is 0 Å². The Morgan fingerprint density at radius 1 is 1.00 bits per heavy atom. The topological polar surface area (TPSA) is 103 Å². The van der Waals surface area contributed by atoms with E-state index >= 15 is 0 Å². The van der Waals surface area contributed by atoms with Gasteiger partial charge in [-0.3, -0.25) is 14.6 Å². The number of fused-ring (bicyclic) bond motifs is 1. The average molecular weight is 526 g/mol. The molecule has 0 aliphatic carbocycles. The molecule has 3 heterocycles. The third-order valence-corrected chi connectivity index (χ3v) is 8.81. The number of anilines is 2. The molecular weight excluding hydrogens is 497 g/mol. The first kappa shape index (κ1) is 25.1. The Hall–Kier alpha value is -3.57. The molecule has 0 spiro atoms. The van der Waals surface area contributed by atoms with Crippen LogP contribution in [-0.2, 0) is 19.6 Å². The van der Waals surface area contributed by atoms with Gasteiger partial charge in [-0.1, -0.05) is 0 Å². The molecule has 0 radical (unpaired) electrons. The van der Waals surface area contributed by atoms with Crippen LogP contribution in [0.4, 0.5) is 15.8 Å². The van der Waals surface area contributed by atoms with Crippen LogP contribution in [0.1, 0.15) is 13.3 Å². The molecule has 37 heavy (non-hydrogen) atoms. The Labute approximate surface area is 214 Å². The lowest BCUT2D eigenvalue weighted by atomic mass is 10.1.